The fourth-order valence-electron chi connectivity index (χ4n) is 0.600. The Bertz CT molecular complexity index is 216. The molecule has 0 bridgehead atoms. The van der Waals surface area contributed by atoms with E-state index >= 15 is 0 Å². The minimum absolute atomic E-state index is 0.633. The maximum absolute atomic E-state index is 9.11. The van der Waals surface area contributed by atoms with E-state index in [9.17, 15) is 0 Å². The number of hydrogen-bond donors (Lipinski definition) is 1. The molecule has 0 fully saturated rings. The second-order valence-electron chi connectivity index (χ2n) is 2.30. The molecule has 0 aromatic rings. The SMILES string of the molecule is CC1=CN=C(C)C(O)N=C1. The van der Waals surface area contributed by atoms with Crippen molar-refractivity contribution < 1.29 is 5.11 Å². The van der Waals surface area contributed by atoms with Crippen LogP contribution in [-0.4, -0.2) is 23.3 Å². The molecule has 1 aliphatic rings. The summed E-state index contributed by atoms with van der Waals surface area (Å²) in [5, 5.41) is 9.11. The average Bonchev–Trinajstić information content (AvgIpc) is 2.04. The Balaban J connectivity index is 2.88. The van der Waals surface area contributed by atoms with Crippen molar-refractivity contribution in [3.8, 4) is 0 Å². The van der Waals surface area contributed by atoms with Crippen molar-refractivity contribution in [1.82, 2.24) is 0 Å². The lowest BCUT2D eigenvalue weighted by molar-refractivity contribution is 0.252. The number of aliphatic hydroxyl groups is 1. The van der Waals surface area contributed by atoms with Crippen molar-refractivity contribution in [1.29, 1.82) is 0 Å². The average molecular weight is 138 g/mol. The van der Waals surface area contributed by atoms with Gasteiger partial charge in [-0.05, 0) is 19.4 Å². The van der Waals surface area contributed by atoms with E-state index in [0.717, 1.165) is 5.57 Å². The van der Waals surface area contributed by atoms with Gasteiger partial charge in [0.15, 0.2) is 6.23 Å². The molecule has 0 radical (unpaired) electrons. The Labute approximate surface area is 59.8 Å². The lowest BCUT2D eigenvalue weighted by Crippen LogP contribution is -2.12. The van der Waals surface area contributed by atoms with E-state index in [1.807, 2.05) is 6.92 Å². The maximum Gasteiger partial charge on any atom is 0.184 e. The van der Waals surface area contributed by atoms with Crippen molar-refractivity contribution in [3.05, 3.63) is 11.8 Å². The summed E-state index contributed by atoms with van der Waals surface area (Å²) in [6.45, 7) is 3.63. The molecule has 1 atom stereocenters. The van der Waals surface area contributed by atoms with Gasteiger partial charge in [0.2, 0.25) is 0 Å². The largest absolute Gasteiger partial charge is 0.367 e. The van der Waals surface area contributed by atoms with Crippen LogP contribution in [0.25, 0.3) is 0 Å². The summed E-state index contributed by atoms with van der Waals surface area (Å²) >= 11 is 0. The van der Waals surface area contributed by atoms with Gasteiger partial charge in [-0.2, -0.15) is 0 Å². The zero-order valence-corrected chi connectivity index (χ0v) is 6.07. The number of rotatable bonds is 0. The summed E-state index contributed by atoms with van der Waals surface area (Å²) in [5.74, 6) is 0. The number of aliphatic hydroxyl groups excluding tert-OH is 1. The Morgan fingerprint density at radius 3 is 2.90 bits per heavy atom. The molecule has 0 saturated heterocycles. The van der Waals surface area contributed by atoms with E-state index in [-0.39, 0.29) is 0 Å². The fraction of sp³-hybridized carbons (Fsp3) is 0.429. The van der Waals surface area contributed by atoms with Gasteiger partial charge in [-0.1, -0.05) is 0 Å². The van der Waals surface area contributed by atoms with Gasteiger partial charge in [-0.25, -0.2) is 0 Å². The zero-order valence-electron chi connectivity index (χ0n) is 6.07. The number of allylic oxidation sites excluding steroid dienone is 1. The van der Waals surface area contributed by atoms with Gasteiger partial charge in [-0.15, -0.1) is 0 Å². The predicted octanol–water partition coefficient (Wildman–Crippen LogP) is 0.754. The molecule has 0 aromatic heterocycles. The molecule has 3 heteroatoms. The van der Waals surface area contributed by atoms with Crippen molar-refractivity contribution in [2.24, 2.45) is 9.98 Å². The van der Waals surface area contributed by atoms with Crippen molar-refractivity contribution in [3.63, 3.8) is 0 Å². The molecule has 54 valence electrons. The Kier molecular flexibility index (Phi) is 1.97. The van der Waals surface area contributed by atoms with Gasteiger partial charge in [-0.3, -0.25) is 9.98 Å². The van der Waals surface area contributed by atoms with Crippen LogP contribution in [0.4, 0.5) is 0 Å². The van der Waals surface area contributed by atoms with E-state index in [1.54, 1.807) is 19.3 Å². The van der Waals surface area contributed by atoms with Crippen molar-refractivity contribution >= 4 is 11.9 Å². The van der Waals surface area contributed by atoms with Gasteiger partial charge in [0, 0.05) is 12.4 Å². The number of hydrogen-bond acceptors (Lipinski definition) is 3. The molecule has 0 amide bonds. The Morgan fingerprint density at radius 1 is 1.50 bits per heavy atom. The first-order valence-electron chi connectivity index (χ1n) is 3.12. The van der Waals surface area contributed by atoms with Crippen LogP contribution in [0.2, 0.25) is 0 Å². The summed E-state index contributed by atoms with van der Waals surface area (Å²) in [5.41, 5.74) is 1.59. The Hall–Kier alpha value is -0.960. The van der Waals surface area contributed by atoms with E-state index in [0.29, 0.717) is 5.71 Å². The minimum Gasteiger partial charge on any atom is -0.367 e. The zero-order chi connectivity index (χ0) is 7.56. The minimum atomic E-state index is -0.756. The summed E-state index contributed by atoms with van der Waals surface area (Å²) in [6.07, 6.45) is 2.55. The molecule has 1 rings (SSSR count). The normalized spacial score (nSPS) is 25.3. The topological polar surface area (TPSA) is 45.0 Å². The molecule has 1 aliphatic heterocycles. The first-order valence-corrected chi connectivity index (χ1v) is 3.12. The molecular weight excluding hydrogens is 128 g/mol. The first-order chi connectivity index (χ1) is 4.70. The summed E-state index contributed by atoms with van der Waals surface area (Å²) in [4.78, 5) is 7.78. The number of nitrogens with zero attached hydrogens (tertiary/aromatic N) is 2. The third-order valence-electron chi connectivity index (χ3n) is 1.26. The van der Waals surface area contributed by atoms with Crippen molar-refractivity contribution in [2.75, 3.05) is 0 Å². The molecule has 1 heterocycles. The van der Waals surface area contributed by atoms with Gasteiger partial charge in [0.05, 0.1) is 5.71 Å². The monoisotopic (exact) mass is 138 g/mol. The third-order valence-corrected chi connectivity index (χ3v) is 1.26. The molecule has 0 aromatic carbocycles. The standard InChI is InChI=1S/C7H10N2O/c1-5-3-8-6(2)7(10)9-4-5/h3-4,7,10H,1-2H3. The Morgan fingerprint density at radius 2 is 2.20 bits per heavy atom. The van der Waals surface area contributed by atoms with Crippen LogP contribution in [0, 0.1) is 0 Å². The highest BCUT2D eigenvalue weighted by atomic mass is 16.3. The molecule has 0 spiro atoms. The molecule has 3 nitrogen and oxygen atoms in total. The summed E-state index contributed by atoms with van der Waals surface area (Å²) < 4.78 is 0. The molecule has 0 aliphatic carbocycles. The number of aliphatic imine (C=N–C) groups is 2. The van der Waals surface area contributed by atoms with Crippen LogP contribution < -0.4 is 0 Å². The van der Waals surface area contributed by atoms with Crippen LogP contribution in [0.1, 0.15) is 13.8 Å². The maximum atomic E-state index is 9.11. The molecule has 0 saturated carbocycles. The van der Waals surface area contributed by atoms with E-state index in [1.165, 1.54) is 0 Å². The van der Waals surface area contributed by atoms with Gasteiger partial charge in [0.1, 0.15) is 0 Å². The van der Waals surface area contributed by atoms with Crippen LogP contribution in [0.3, 0.4) is 0 Å². The van der Waals surface area contributed by atoms with Crippen molar-refractivity contribution in [2.45, 2.75) is 20.1 Å². The highest BCUT2D eigenvalue weighted by Crippen LogP contribution is 1.99. The fourth-order valence-corrected chi connectivity index (χ4v) is 0.600. The van der Waals surface area contributed by atoms with E-state index in [2.05, 4.69) is 9.98 Å². The summed E-state index contributed by atoms with van der Waals surface area (Å²) in [7, 11) is 0. The van der Waals surface area contributed by atoms with Gasteiger partial charge in [0.25, 0.3) is 0 Å². The van der Waals surface area contributed by atoms with Gasteiger partial charge < -0.3 is 5.11 Å². The van der Waals surface area contributed by atoms with E-state index in [4.69, 9.17) is 5.11 Å². The summed E-state index contributed by atoms with van der Waals surface area (Å²) in [6, 6.07) is 0. The quantitative estimate of drug-likeness (QED) is 0.527. The molecular formula is C7H10N2O. The molecule has 1 unspecified atom stereocenters. The first kappa shape index (κ1) is 7.15. The predicted molar refractivity (Wildman–Crippen MR) is 41.4 cm³/mol. The molecule has 1 N–H and O–H groups in total. The van der Waals surface area contributed by atoms with Crippen LogP contribution in [-0.2, 0) is 0 Å². The lowest BCUT2D eigenvalue weighted by Gasteiger charge is -1.99. The van der Waals surface area contributed by atoms with E-state index < -0.39 is 6.23 Å². The second-order valence-corrected chi connectivity index (χ2v) is 2.30. The van der Waals surface area contributed by atoms with Gasteiger partial charge >= 0.3 is 0 Å². The second kappa shape index (κ2) is 2.75. The van der Waals surface area contributed by atoms with Crippen LogP contribution >= 0.6 is 0 Å². The van der Waals surface area contributed by atoms with Crippen LogP contribution in [0.5, 0.6) is 0 Å². The molecule has 10 heavy (non-hydrogen) atoms. The lowest BCUT2D eigenvalue weighted by atomic mass is 10.4. The highest BCUT2D eigenvalue weighted by molar-refractivity contribution is 5.91. The smallest absolute Gasteiger partial charge is 0.184 e. The van der Waals surface area contributed by atoms with Crippen LogP contribution in [0.15, 0.2) is 21.8 Å². The highest BCUT2D eigenvalue weighted by Gasteiger charge is 2.04. The third kappa shape index (κ3) is 1.51.